The fourth-order valence-electron chi connectivity index (χ4n) is 1.76. The largest absolute Gasteiger partial charge is 0.492 e. The number of rotatable bonds is 8. The van der Waals surface area contributed by atoms with Crippen molar-refractivity contribution >= 4 is 50.1 Å². The minimum absolute atomic E-state index is 0.0687. The van der Waals surface area contributed by atoms with Gasteiger partial charge in [0, 0.05) is 6.42 Å². The lowest BCUT2D eigenvalue weighted by molar-refractivity contribution is -0.116. The average molecular weight is 416 g/mol. The number of nitrogens with zero attached hydrogens (tertiary/aromatic N) is 2. The predicted molar refractivity (Wildman–Crippen MR) is 98.5 cm³/mol. The summed E-state index contributed by atoms with van der Waals surface area (Å²) in [4.78, 5) is 11.9. The molecule has 0 aliphatic rings. The molecule has 1 N–H and O–H groups in total. The Labute approximate surface area is 152 Å². The molecule has 0 spiro atoms. The Balaban J connectivity index is 1.70. The first-order valence-corrected chi connectivity index (χ1v) is 9.83. The van der Waals surface area contributed by atoms with Crippen LogP contribution in [0.15, 0.2) is 27.0 Å². The van der Waals surface area contributed by atoms with E-state index in [-0.39, 0.29) is 5.91 Å². The molecule has 0 saturated heterocycles. The van der Waals surface area contributed by atoms with E-state index < -0.39 is 0 Å². The van der Waals surface area contributed by atoms with Gasteiger partial charge in [-0.05, 0) is 52.7 Å². The maximum absolute atomic E-state index is 11.9. The number of halogens is 1. The van der Waals surface area contributed by atoms with Crippen LogP contribution >= 0.6 is 39.0 Å². The van der Waals surface area contributed by atoms with Crippen LogP contribution in [0.2, 0.25) is 0 Å². The zero-order valence-corrected chi connectivity index (χ0v) is 16.2. The Morgan fingerprint density at radius 3 is 3.00 bits per heavy atom. The Kier molecular flexibility index (Phi) is 7.32. The topological polar surface area (TPSA) is 64.1 Å². The van der Waals surface area contributed by atoms with E-state index in [1.165, 1.54) is 16.9 Å². The molecule has 2 aromatic rings. The highest BCUT2D eigenvalue weighted by atomic mass is 79.9. The second kappa shape index (κ2) is 9.24. The van der Waals surface area contributed by atoms with Crippen molar-refractivity contribution in [1.82, 2.24) is 10.2 Å². The van der Waals surface area contributed by atoms with Crippen LogP contribution in [0.3, 0.4) is 0 Å². The van der Waals surface area contributed by atoms with Crippen LogP contribution in [0.4, 0.5) is 5.13 Å². The van der Waals surface area contributed by atoms with Gasteiger partial charge in [-0.2, -0.15) is 0 Å². The van der Waals surface area contributed by atoms with Gasteiger partial charge >= 0.3 is 0 Å². The highest BCUT2D eigenvalue weighted by Crippen LogP contribution is 2.26. The SMILES string of the molecule is CCSc1nnc(NC(=O)CCCOc2ccc(C)cc2Br)s1. The van der Waals surface area contributed by atoms with Crippen LogP contribution < -0.4 is 10.1 Å². The first-order chi connectivity index (χ1) is 11.1. The Morgan fingerprint density at radius 1 is 1.43 bits per heavy atom. The van der Waals surface area contributed by atoms with E-state index in [4.69, 9.17) is 4.74 Å². The summed E-state index contributed by atoms with van der Waals surface area (Å²) in [6, 6.07) is 5.92. The molecule has 1 amide bonds. The van der Waals surface area contributed by atoms with Crippen molar-refractivity contribution in [1.29, 1.82) is 0 Å². The lowest BCUT2D eigenvalue weighted by Gasteiger charge is -2.08. The molecule has 0 fully saturated rings. The first kappa shape index (κ1) is 18.2. The Morgan fingerprint density at radius 2 is 2.26 bits per heavy atom. The van der Waals surface area contributed by atoms with Crippen molar-refractivity contribution in [2.24, 2.45) is 0 Å². The zero-order valence-electron chi connectivity index (χ0n) is 13.0. The third-order valence-corrected chi connectivity index (χ3v) is 5.29. The van der Waals surface area contributed by atoms with Crippen molar-refractivity contribution in [2.45, 2.75) is 31.0 Å². The molecule has 1 aromatic heterocycles. The van der Waals surface area contributed by atoms with Crippen molar-refractivity contribution in [3.05, 3.63) is 28.2 Å². The number of amides is 1. The number of aryl methyl sites for hydroxylation is 1. The molecule has 0 saturated carbocycles. The Bertz CT molecular complexity index is 664. The fourth-order valence-corrected chi connectivity index (χ4v) is 4.03. The van der Waals surface area contributed by atoms with Gasteiger partial charge in [0.1, 0.15) is 5.75 Å². The number of nitrogens with one attached hydrogen (secondary N) is 1. The summed E-state index contributed by atoms with van der Waals surface area (Å²) >= 11 is 6.48. The molecule has 2 rings (SSSR count). The van der Waals surface area contributed by atoms with Gasteiger partial charge in [0.2, 0.25) is 11.0 Å². The third kappa shape index (κ3) is 6.12. The molecule has 0 unspecified atom stereocenters. The molecule has 1 heterocycles. The maximum atomic E-state index is 11.9. The standard InChI is InChI=1S/C15H18BrN3O2S2/c1-3-22-15-19-18-14(23-15)17-13(20)5-4-8-21-12-7-6-10(2)9-11(12)16/h6-7,9H,3-5,8H2,1-2H3,(H,17,18,20). The molecule has 8 heteroatoms. The van der Waals surface area contributed by atoms with E-state index in [0.29, 0.717) is 24.6 Å². The molecule has 0 bridgehead atoms. The van der Waals surface area contributed by atoms with Crippen LogP contribution in [-0.2, 0) is 4.79 Å². The summed E-state index contributed by atoms with van der Waals surface area (Å²) < 4.78 is 7.47. The summed E-state index contributed by atoms with van der Waals surface area (Å²) in [5.41, 5.74) is 1.17. The number of ether oxygens (including phenoxy) is 1. The molecular weight excluding hydrogens is 398 g/mol. The van der Waals surface area contributed by atoms with Crippen LogP contribution in [0.25, 0.3) is 0 Å². The minimum atomic E-state index is -0.0687. The number of thioether (sulfide) groups is 1. The molecule has 0 radical (unpaired) electrons. The van der Waals surface area contributed by atoms with Crippen LogP contribution in [-0.4, -0.2) is 28.5 Å². The van der Waals surface area contributed by atoms with Gasteiger partial charge in [-0.15, -0.1) is 10.2 Å². The lowest BCUT2D eigenvalue weighted by atomic mass is 10.2. The second-order valence-electron chi connectivity index (χ2n) is 4.74. The second-order valence-corrected chi connectivity index (χ2v) is 8.08. The van der Waals surface area contributed by atoms with Crippen LogP contribution in [0, 0.1) is 6.92 Å². The molecule has 1 aromatic carbocycles. The number of hydrogen-bond acceptors (Lipinski definition) is 6. The maximum Gasteiger partial charge on any atom is 0.226 e. The molecule has 0 aliphatic carbocycles. The summed E-state index contributed by atoms with van der Waals surface area (Å²) in [7, 11) is 0. The van der Waals surface area contributed by atoms with E-state index in [2.05, 4.69) is 38.4 Å². The average Bonchev–Trinajstić information content (AvgIpc) is 2.93. The van der Waals surface area contributed by atoms with Gasteiger partial charge < -0.3 is 10.1 Å². The number of hydrogen-bond donors (Lipinski definition) is 1. The third-order valence-electron chi connectivity index (χ3n) is 2.81. The number of benzene rings is 1. The highest BCUT2D eigenvalue weighted by molar-refractivity contribution is 9.10. The monoisotopic (exact) mass is 415 g/mol. The lowest BCUT2D eigenvalue weighted by Crippen LogP contribution is -2.12. The van der Waals surface area contributed by atoms with Crippen molar-refractivity contribution in [2.75, 3.05) is 17.7 Å². The molecular formula is C15H18BrN3O2S2. The number of anilines is 1. The van der Waals surface area contributed by atoms with Gasteiger partial charge in [0.05, 0.1) is 11.1 Å². The summed E-state index contributed by atoms with van der Waals surface area (Å²) in [6.45, 7) is 4.57. The number of carbonyl (C=O) groups excluding carboxylic acids is 1. The van der Waals surface area contributed by atoms with Crippen molar-refractivity contribution in [3.63, 3.8) is 0 Å². The summed E-state index contributed by atoms with van der Waals surface area (Å²) in [5, 5.41) is 11.3. The quantitative estimate of drug-likeness (QED) is 0.390. The smallest absolute Gasteiger partial charge is 0.226 e. The Hall–Kier alpha value is -1.12. The van der Waals surface area contributed by atoms with E-state index in [0.717, 1.165) is 20.3 Å². The van der Waals surface area contributed by atoms with Gasteiger partial charge in [0.15, 0.2) is 4.34 Å². The highest BCUT2D eigenvalue weighted by Gasteiger charge is 2.08. The van der Waals surface area contributed by atoms with Crippen molar-refractivity contribution < 1.29 is 9.53 Å². The predicted octanol–water partition coefficient (Wildman–Crippen LogP) is 4.52. The van der Waals surface area contributed by atoms with Gasteiger partial charge in [0.25, 0.3) is 0 Å². The van der Waals surface area contributed by atoms with E-state index in [1.54, 1.807) is 11.8 Å². The summed E-state index contributed by atoms with van der Waals surface area (Å²) in [6.07, 6.45) is 1.03. The van der Waals surface area contributed by atoms with E-state index >= 15 is 0 Å². The number of carbonyl (C=O) groups is 1. The molecule has 5 nitrogen and oxygen atoms in total. The van der Waals surface area contributed by atoms with Gasteiger partial charge in [-0.3, -0.25) is 4.79 Å². The van der Waals surface area contributed by atoms with E-state index in [1.807, 2.05) is 25.1 Å². The van der Waals surface area contributed by atoms with Crippen LogP contribution in [0.1, 0.15) is 25.3 Å². The van der Waals surface area contributed by atoms with Crippen LogP contribution in [0.5, 0.6) is 5.75 Å². The molecule has 23 heavy (non-hydrogen) atoms. The fraction of sp³-hybridized carbons (Fsp3) is 0.400. The molecule has 0 atom stereocenters. The first-order valence-electron chi connectivity index (χ1n) is 7.23. The van der Waals surface area contributed by atoms with Gasteiger partial charge in [-0.1, -0.05) is 36.1 Å². The van der Waals surface area contributed by atoms with Gasteiger partial charge in [-0.25, -0.2) is 0 Å². The minimum Gasteiger partial charge on any atom is -0.492 e. The van der Waals surface area contributed by atoms with Crippen molar-refractivity contribution in [3.8, 4) is 5.75 Å². The van der Waals surface area contributed by atoms with E-state index in [9.17, 15) is 4.79 Å². The number of aromatic nitrogens is 2. The zero-order chi connectivity index (χ0) is 16.7. The summed E-state index contributed by atoms with van der Waals surface area (Å²) in [5.74, 6) is 1.66. The normalized spacial score (nSPS) is 10.6. The molecule has 124 valence electrons. The molecule has 0 aliphatic heterocycles.